The number of amides is 1. The van der Waals surface area contributed by atoms with Gasteiger partial charge in [0.2, 0.25) is 5.91 Å². The summed E-state index contributed by atoms with van der Waals surface area (Å²) in [4.78, 5) is 21.9. The lowest BCUT2D eigenvalue weighted by atomic mass is 10.1. The minimum absolute atomic E-state index is 0.0307. The van der Waals surface area contributed by atoms with E-state index < -0.39 is 5.97 Å². The number of carboxylic acid groups (broad SMARTS) is 1. The Balaban J connectivity index is 4.16. The molecule has 4 nitrogen and oxygen atoms in total. The van der Waals surface area contributed by atoms with E-state index in [2.05, 4.69) is 5.32 Å². The zero-order valence-electron chi connectivity index (χ0n) is 9.77. The molecule has 0 aliphatic rings. The Morgan fingerprint density at radius 1 is 1.38 bits per heavy atom. The lowest BCUT2D eigenvalue weighted by molar-refractivity contribution is -0.137. The zero-order chi connectivity index (χ0) is 12.4. The summed E-state index contributed by atoms with van der Waals surface area (Å²) >= 11 is 0. The number of carboxylic acids is 1. The fourth-order valence-corrected chi connectivity index (χ4v) is 1.29. The van der Waals surface area contributed by atoms with E-state index in [-0.39, 0.29) is 18.4 Å². The summed E-state index contributed by atoms with van der Waals surface area (Å²) in [6.45, 7) is 3.81. The Morgan fingerprint density at radius 2 is 2.06 bits per heavy atom. The highest BCUT2D eigenvalue weighted by molar-refractivity contribution is 5.88. The molecule has 0 aromatic carbocycles. The zero-order valence-corrected chi connectivity index (χ0v) is 9.77. The topological polar surface area (TPSA) is 66.4 Å². The van der Waals surface area contributed by atoms with Crippen LogP contribution in [0.25, 0.3) is 0 Å². The average molecular weight is 225 g/mol. The van der Waals surface area contributed by atoms with E-state index >= 15 is 0 Å². The number of carbonyl (C=O) groups is 2. The number of hydrogen-bond acceptors (Lipinski definition) is 2. The van der Waals surface area contributed by atoms with Gasteiger partial charge in [0.05, 0.1) is 6.42 Å². The van der Waals surface area contributed by atoms with Crippen molar-refractivity contribution in [1.82, 2.24) is 5.32 Å². The van der Waals surface area contributed by atoms with Crippen molar-refractivity contribution >= 4 is 11.9 Å². The number of rotatable bonds is 7. The standard InChI is InChI=1S/C12H19NO3/c1-3-5-6-8-11(14)13-10(7-4-2)9-12(15)16/h3,5-6,8,10H,4,7,9H2,1-2H3,(H,13,14)(H,15,16)/b5-3?,8-6+. The van der Waals surface area contributed by atoms with Crippen LogP contribution in [0.3, 0.4) is 0 Å². The Morgan fingerprint density at radius 3 is 2.56 bits per heavy atom. The number of nitrogens with one attached hydrogen (secondary N) is 1. The molecule has 0 saturated carbocycles. The van der Waals surface area contributed by atoms with E-state index in [1.54, 1.807) is 12.2 Å². The van der Waals surface area contributed by atoms with Gasteiger partial charge in [0.1, 0.15) is 0 Å². The molecule has 1 amide bonds. The van der Waals surface area contributed by atoms with Crippen molar-refractivity contribution < 1.29 is 14.7 Å². The maximum absolute atomic E-state index is 11.4. The molecule has 0 aliphatic heterocycles. The highest BCUT2D eigenvalue weighted by Gasteiger charge is 2.13. The first-order chi connectivity index (χ1) is 7.60. The van der Waals surface area contributed by atoms with Gasteiger partial charge in [-0.05, 0) is 13.3 Å². The van der Waals surface area contributed by atoms with Gasteiger partial charge in [-0.15, -0.1) is 0 Å². The largest absolute Gasteiger partial charge is 0.481 e. The summed E-state index contributed by atoms with van der Waals surface area (Å²) in [6, 6.07) is -0.287. The van der Waals surface area contributed by atoms with E-state index in [4.69, 9.17) is 5.11 Å². The van der Waals surface area contributed by atoms with Gasteiger partial charge in [0.25, 0.3) is 0 Å². The molecule has 16 heavy (non-hydrogen) atoms. The molecule has 0 fully saturated rings. The van der Waals surface area contributed by atoms with Crippen LogP contribution in [0.4, 0.5) is 0 Å². The second-order valence-electron chi connectivity index (χ2n) is 3.48. The van der Waals surface area contributed by atoms with Crippen molar-refractivity contribution in [3.63, 3.8) is 0 Å². The number of allylic oxidation sites excluding steroid dienone is 3. The summed E-state index contributed by atoms with van der Waals surface area (Å²) in [6.07, 6.45) is 8.06. The molecule has 0 saturated heterocycles. The van der Waals surface area contributed by atoms with Crippen LogP contribution in [0.5, 0.6) is 0 Å². The molecule has 90 valence electrons. The predicted octanol–water partition coefficient (Wildman–Crippen LogP) is 1.88. The van der Waals surface area contributed by atoms with Gasteiger partial charge in [0.15, 0.2) is 0 Å². The Kier molecular flexibility index (Phi) is 7.85. The molecule has 2 N–H and O–H groups in total. The second-order valence-corrected chi connectivity index (χ2v) is 3.48. The lowest BCUT2D eigenvalue weighted by Gasteiger charge is -2.14. The first kappa shape index (κ1) is 14.4. The van der Waals surface area contributed by atoms with Gasteiger partial charge in [-0.3, -0.25) is 9.59 Å². The van der Waals surface area contributed by atoms with Crippen molar-refractivity contribution in [1.29, 1.82) is 0 Å². The molecular weight excluding hydrogens is 206 g/mol. The first-order valence-corrected chi connectivity index (χ1v) is 5.41. The quantitative estimate of drug-likeness (QED) is 0.513. The normalized spacial score (nSPS) is 13.1. The van der Waals surface area contributed by atoms with Crippen LogP contribution in [-0.4, -0.2) is 23.0 Å². The highest BCUT2D eigenvalue weighted by Crippen LogP contribution is 2.01. The molecule has 0 rings (SSSR count). The van der Waals surface area contributed by atoms with E-state index in [0.29, 0.717) is 6.42 Å². The average Bonchev–Trinajstić information content (AvgIpc) is 2.17. The molecule has 1 atom stereocenters. The van der Waals surface area contributed by atoms with Crippen LogP contribution in [0.1, 0.15) is 33.1 Å². The van der Waals surface area contributed by atoms with Gasteiger partial charge >= 0.3 is 5.97 Å². The third-order valence-electron chi connectivity index (χ3n) is 1.96. The van der Waals surface area contributed by atoms with E-state index in [1.165, 1.54) is 6.08 Å². The van der Waals surface area contributed by atoms with Crippen molar-refractivity contribution in [3.05, 3.63) is 24.3 Å². The summed E-state index contributed by atoms with van der Waals surface area (Å²) in [5.74, 6) is -1.14. The third-order valence-corrected chi connectivity index (χ3v) is 1.96. The van der Waals surface area contributed by atoms with E-state index in [1.807, 2.05) is 19.9 Å². The van der Waals surface area contributed by atoms with Crippen molar-refractivity contribution in [2.45, 2.75) is 39.2 Å². The van der Waals surface area contributed by atoms with Gasteiger partial charge < -0.3 is 10.4 Å². The van der Waals surface area contributed by atoms with Crippen LogP contribution in [0.15, 0.2) is 24.3 Å². The molecular formula is C12H19NO3. The molecule has 4 heteroatoms. The number of carbonyl (C=O) groups excluding carboxylic acids is 1. The van der Waals surface area contributed by atoms with Crippen LogP contribution >= 0.6 is 0 Å². The minimum atomic E-state index is -0.892. The molecule has 0 radical (unpaired) electrons. The second kappa shape index (κ2) is 8.71. The Labute approximate surface area is 96.0 Å². The summed E-state index contributed by atoms with van der Waals surface area (Å²) in [7, 11) is 0. The summed E-state index contributed by atoms with van der Waals surface area (Å²) < 4.78 is 0. The summed E-state index contributed by atoms with van der Waals surface area (Å²) in [5.41, 5.74) is 0. The third kappa shape index (κ3) is 7.79. The molecule has 1 unspecified atom stereocenters. The van der Waals surface area contributed by atoms with Crippen molar-refractivity contribution in [2.24, 2.45) is 0 Å². The van der Waals surface area contributed by atoms with Crippen LogP contribution < -0.4 is 5.32 Å². The van der Waals surface area contributed by atoms with Gasteiger partial charge in [0, 0.05) is 12.1 Å². The smallest absolute Gasteiger partial charge is 0.305 e. The van der Waals surface area contributed by atoms with Gasteiger partial charge in [-0.1, -0.05) is 31.6 Å². The van der Waals surface area contributed by atoms with Crippen molar-refractivity contribution in [2.75, 3.05) is 0 Å². The van der Waals surface area contributed by atoms with Gasteiger partial charge in [-0.2, -0.15) is 0 Å². The number of aliphatic carboxylic acids is 1. The molecule has 0 bridgehead atoms. The van der Waals surface area contributed by atoms with Gasteiger partial charge in [-0.25, -0.2) is 0 Å². The van der Waals surface area contributed by atoms with E-state index in [0.717, 1.165) is 6.42 Å². The molecule has 0 spiro atoms. The maximum atomic E-state index is 11.4. The predicted molar refractivity (Wildman–Crippen MR) is 63.0 cm³/mol. The summed E-state index contributed by atoms with van der Waals surface area (Å²) in [5, 5.41) is 11.3. The van der Waals surface area contributed by atoms with Crippen LogP contribution in [0, 0.1) is 0 Å². The molecule has 0 heterocycles. The number of hydrogen-bond donors (Lipinski definition) is 2. The Bertz CT molecular complexity index is 282. The SMILES string of the molecule is CC=C/C=C/C(=O)NC(CCC)CC(=O)O. The molecule has 0 aliphatic carbocycles. The van der Waals surface area contributed by atoms with E-state index in [9.17, 15) is 9.59 Å². The fourth-order valence-electron chi connectivity index (χ4n) is 1.29. The highest BCUT2D eigenvalue weighted by atomic mass is 16.4. The maximum Gasteiger partial charge on any atom is 0.305 e. The lowest BCUT2D eigenvalue weighted by Crippen LogP contribution is -2.35. The fraction of sp³-hybridized carbons (Fsp3) is 0.500. The van der Waals surface area contributed by atoms with Crippen LogP contribution in [-0.2, 0) is 9.59 Å². The van der Waals surface area contributed by atoms with Crippen molar-refractivity contribution in [3.8, 4) is 0 Å². The Hall–Kier alpha value is -1.58. The first-order valence-electron chi connectivity index (χ1n) is 5.41. The minimum Gasteiger partial charge on any atom is -0.481 e. The monoisotopic (exact) mass is 225 g/mol. The molecule has 0 aromatic heterocycles. The van der Waals surface area contributed by atoms with Crippen LogP contribution in [0.2, 0.25) is 0 Å². The molecule has 0 aromatic rings.